The van der Waals surface area contributed by atoms with E-state index in [0.29, 0.717) is 12.8 Å². The lowest BCUT2D eigenvalue weighted by atomic mass is 9.83. The molecule has 0 radical (unpaired) electrons. The molecule has 3 nitrogen and oxygen atoms in total. The molecule has 1 amide bonds. The van der Waals surface area contributed by atoms with E-state index in [9.17, 15) is 14.0 Å². The van der Waals surface area contributed by atoms with Crippen LogP contribution < -0.4 is 5.32 Å². The summed E-state index contributed by atoms with van der Waals surface area (Å²) in [5, 5.41) is 2.90. The Morgan fingerprint density at radius 1 is 1.36 bits per heavy atom. The van der Waals surface area contributed by atoms with E-state index in [4.69, 9.17) is 0 Å². The highest BCUT2D eigenvalue weighted by Gasteiger charge is 2.45. The van der Waals surface area contributed by atoms with Crippen molar-refractivity contribution in [3.8, 4) is 0 Å². The van der Waals surface area contributed by atoms with E-state index in [1.807, 2.05) is 26.8 Å². The zero-order valence-corrected chi connectivity index (χ0v) is 13.7. The average Bonchev–Trinajstić information content (AvgIpc) is 3.23. The van der Waals surface area contributed by atoms with E-state index in [2.05, 4.69) is 5.32 Å². The molecule has 120 valence electrons. The maximum Gasteiger partial charge on any atom is 0.224 e. The molecule has 0 spiro atoms. The van der Waals surface area contributed by atoms with Crippen molar-refractivity contribution in [1.82, 2.24) is 5.32 Å². The van der Waals surface area contributed by atoms with Gasteiger partial charge in [0.1, 0.15) is 5.82 Å². The van der Waals surface area contributed by atoms with E-state index in [1.165, 1.54) is 12.1 Å². The Kier molecular flexibility index (Phi) is 4.69. The van der Waals surface area contributed by atoms with Crippen molar-refractivity contribution in [3.63, 3.8) is 0 Å². The average molecular weight is 305 g/mol. The molecule has 22 heavy (non-hydrogen) atoms. The number of rotatable bonds is 5. The van der Waals surface area contributed by atoms with Crippen molar-refractivity contribution in [1.29, 1.82) is 0 Å². The summed E-state index contributed by atoms with van der Waals surface area (Å²) in [5.74, 6) is -0.429. The molecule has 1 N–H and O–H groups in total. The van der Waals surface area contributed by atoms with Crippen molar-refractivity contribution < 1.29 is 14.0 Å². The maximum absolute atomic E-state index is 13.3. The first-order valence-electron chi connectivity index (χ1n) is 7.82. The van der Waals surface area contributed by atoms with Crippen molar-refractivity contribution in [2.45, 2.75) is 52.5 Å². The van der Waals surface area contributed by atoms with E-state index in [0.717, 1.165) is 5.56 Å². The first-order chi connectivity index (χ1) is 10.2. The Labute approximate surface area is 131 Å². The number of amides is 1. The summed E-state index contributed by atoms with van der Waals surface area (Å²) in [6.07, 6.45) is 1.12. The number of hydrogen-bond acceptors (Lipinski definition) is 2. The Bertz CT molecular complexity index is 577. The van der Waals surface area contributed by atoms with Gasteiger partial charge in [-0.1, -0.05) is 39.8 Å². The van der Waals surface area contributed by atoms with Crippen LogP contribution in [0.2, 0.25) is 0 Å². The van der Waals surface area contributed by atoms with Crippen molar-refractivity contribution in [2.75, 3.05) is 0 Å². The number of hydrogen-bond donors (Lipinski definition) is 1. The van der Waals surface area contributed by atoms with Gasteiger partial charge in [0, 0.05) is 12.3 Å². The van der Waals surface area contributed by atoms with E-state index in [-0.39, 0.29) is 34.8 Å². The second kappa shape index (κ2) is 6.19. The normalized spacial score (nSPS) is 22.0. The largest absolute Gasteiger partial charge is 0.346 e. The number of Topliss-reactive ketones (excluding diaryl/α,β-unsaturated/α-hetero) is 1. The standard InChI is InChI=1S/C18H24FNO2/c1-5-15(21)16(18(2,3)4)20-17(22)14-10-13(14)11-7-6-8-12(19)9-11/h6-9,13-14,16H,5,10H2,1-4H3,(H,20,22)/t13-,14?,16?/m0/s1. The molecule has 0 aliphatic heterocycles. The van der Waals surface area contributed by atoms with Crippen molar-refractivity contribution >= 4 is 11.7 Å². The van der Waals surface area contributed by atoms with Gasteiger partial charge in [0.25, 0.3) is 0 Å². The monoisotopic (exact) mass is 305 g/mol. The van der Waals surface area contributed by atoms with Gasteiger partial charge in [-0.2, -0.15) is 0 Å². The second-order valence-electron chi connectivity index (χ2n) is 7.13. The molecule has 4 heteroatoms. The molecule has 2 rings (SSSR count). The lowest BCUT2D eigenvalue weighted by Gasteiger charge is -2.30. The summed E-state index contributed by atoms with van der Waals surface area (Å²) >= 11 is 0. The zero-order chi connectivity index (χ0) is 16.5. The SMILES string of the molecule is CCC(=O)C(NC(=O)C1C[C@H]1c1cccc(F)c1)C(C)(C)C. The van der Waals surface area contributed by atoms with Gasteiger partial charge in [0.2, 0.25) is 5.91 Å². The Hall–Kier alpha value is -1.71. The van der Waals surface area contributed by atoms with Gasteiger partial charge < -0.3 is 5.32 Å². The maximum atomic E-state index is 13.3. The van der Waals surface area contributed by atoms with Gasteiger partial charge in [-0.3, -0.25) is 9.59 Å². The van der Waals surface area contributed by atoms with Crippen LogP contribution in [0.25, 0.3) is 0 Å². The number of carbonyl (C=O) groups excluding carboxylic acids is 2. The second-order valence-corrected chi connectivity index (χ2v) is 7.13. The molecule has 1 saturated carbocycles. The first-order valence-corrected chi connectivity index (χ1v) is 7.82. The number of halogens is 1. The molecule has 1 aliphatic carbocycles. The minimum atomic E-state index is -0.473. The third-order valence-corrected chi connectivity index (χ3v) is 4.23. The molecule has 1 fully saturated rings. The predicted molar refractivity (Wildman–Crippen MR) is 83.9 cm³/mol. The zero-order valence-electron chi connectivity index (χ0n) is 13.7. The number of carbonyl (C=O) groups is 2. The molecule has 3 atom stereocenters. The quantitative estimate of drug-likeness (QED) is 0.906. The summed E-state index contributed by atoms with van der Waals surface area (Å²) < 4.78 is 13.3. The van der Waals surface area contributed by atoms with Gasteiger partial charge in [0.15, 0.2) is 5.78 Å². The van der Waals surface area contributed by atoms with Gasteiger partial charge in [0.05, 0.1) is 6.04 Å². The summed E-state index contributed by atoms with van der Waals surface area (Å²) in [6.45, 7) is 7.65. The molecule has 1 aromatic rings. The highest BCUT2D eigenvalue weighted by atomic mass is 19.1. The Morgan fingerprint density at radius 3 is 2.59 bits per heavy atom. The summed E-state index contributed by atoms with van der Waals surface area (Å²) in [7, 11) is 0. The molecule has 0 heterocycles. The Morgan fingerprint density at radius 2 is 2.05 bits per heavy atom. The molecule has 0 bridgehead atoms. The van der Waals surface area contributed by atoms with Crippen LogP contribution in [0, 0.1) is 17.2 Å². The Balaban J connectivity index is 2.03. The van der Waals surface area contributed by atoms with E-state index >= 15 is 0 Å². The first kappa shape index (κ1) is 16.7. The van der Waals surface area contributed by atoms with Crippen LogP contribution in [-0.2, 0) is 9.59 Å². The highest BCUT2D eigenvalue weighted by molar-refractivity contribution is 5.91. The van der Waals surface area contributed by atoms with Crippen molar-refractivity contribution in [2.24, 2.45) is 11.3 Å². The lowest BCUT2D eigenvalue weighted by molar-refractivity contribution is -0.130. The number of ketones is 1. The topological polar surface area (TPSA) is 46.2 Å². The van der Waals surface area contributed by atoms with Gasteiger partial charge in [-0.15, -0.1) is 0 Å². The van der Waals surface area contributed by atoms with Crippen LogP contribution in [0.5, 0.6) is 0 Å². The van der Waals surface area contributed by atoms with E-state index < -0.39 is 6.04 Å². The summed E-state index contributed by atoms with van der Waals surface area (Å²) in [6, 6.07) is 5.92. The van der Waals surface area contributed by atoms with Crippen LogP contribution in [0.4, 0.5) is 4.39 Å². The van der Waals surface area contributed by atoms with E-state index in [1.54, 1.807) is 13.0 Å². The van der Waals surface area contributed by atoms with Crippen LogP contribution >= 0.6 is 0 Å². The van der Waals surface area contributed by atoms with Crippen LogP contribution in [-0.4, -0.2) is 17.7 Å². The third kappa shape index (κ3) is 3.73. The fourth-order valence-corrected chi connectivity index (χ4v) is 2.82. The minimum Gasteiger partial charge on any atom is -0.346 e. The fraction of sp³-hybridized carbons (Fsp3) is 0.556. The predicted octanol–water partition coefficient (Wildman–Crippen LogP) is 3.44. The van der Waals surface area contributed by atoms with Crippen LogP contribution in [0.1, 0.15) is 52.0 Å². The number of benzene rings is 1. The summed E-state index contributed by atoms with van der Waals surface area (Å²) in [5.41, 5.74) is 0.542. The lowest BCUT2D eigenvalue weighted by Crippen LogP contribution is -2.49. The molecular weight excluding hydrogens is 281 g/mol. The molecule has 1 aliphatic rings. The third-order valence-electron chi connectivity index (χ3n) is 4.23. The number of nitrogens with one attached hydrogen (secondary N) is 1. The van der Waals surface area contributed by atoms with Crippen molar-refractivity contribution in [3.05, 3.63) is 35.6 Å². The molecule has 0 saturated heterocycles. The molecule has 1 aromatic carbocycles. The van der Waals surface area contributed by atoms with Gasteiger partial charge >= 0.3 is 0 Å². The van der Waals surface area contributed by atoms with Gasteiger partial charge in [-0.25, -0.2) is 4.39 Å². The molecule has 0 aromatic heterocycles. The van der Waals surface area contributed by atoms with Crippen LogP contribution in [0.15, 0.2) is 24.3 Å². The molecular formula is C18H24FNO2. The smallest absolute Gasteiger partial charge is 0.224 e. The molecule has 2 unspecified atom stereocenters. The highest BCUT2D eigenvalue weighted by Crippen LogP contribution is 2.47. The fourth-order valence-electron chi connectivity index (χ4n) is 2.82. The van der Waals surface area contributed by atoms with Crippen LogP contribution in [0.3, 0.4) is 0 Å². The van der Waals surface area contributed by atoms with Gasteiger partial charge in [-0.05, 0) is 35.4 Å². The minimum absolute atomic E-state index is 0.0452. The summed E-state index contributed by atoms with van der Waals surface area (Å²) in [4.78, 5) is 24.5.